The number of piperidine rings is 1. The summed E-state index contributed by atoms with van der Waals surface area (Å²) in [4.78, 5) is 0. The molecule has 0 radical (unpaired) electrons. The number of hydrazone groups is 1. The van der Waals surface area contributed by atoms with Crippen molar-refractivity contribution in [1.82, 2.24) is 5.01 Å². The zero-order valence-electron chi connectivity index (χ0n) is 10.7. The van der Waals surface area contributed by atoms with Crippen molar-refractivity contribution in [3.63, 3.8) is 0 Å². The Morgan fingerprint density at radius 2 is 1.94 bits per heavy atom. The summed E-state index contributed by atoms with van der Waals surface area (Å²) in [6.45, 7) is 6.27. The van der Waals surface area contributed by atoms with E-state index in [1.54, 1.807) is 0 Å². The summed E-state index contributed by atoms with van der Waals surface area (Å²) in [6, 6.07) is 6.10. The van der Waals surface area contributed by atoms with Gasteiger partial charge in [-0.25, -0.2) is 0 Å². The van der Waals surface area contributed by atoms with Crippen LogP contribution in [0.4, 0.5) is 5.69 Å². The van der Waals surface area contributed by atoms with Gasteiger partial charge in [-0.15, -0.1) is 0 Å². The van der Waals surface area contributed by atoms with Crippen LogP contribution in [0.5, 0.6) is 0 Å². The third kappa shape index (κ3) is 2.99. The van der Waals surface area contributed by atoms with Crippen molar-refractivity contribution >= 4 is 11.4 Å². The number of aryl methyl sites for hydroxylation is 1. The first-order chi connectivity index (χ1) is 8.16. The molecule has 0 unspecified atom stereocenters. The summed E-state index contributed by atoms with van der Waals surface area (Å²) in [5.74, 6) is 0. The van der Waals surface area contributed by atoms with E-state index in [0.717, 1.165) is 30.1 Å². The smallest absolute Gasteiger partial charge is 0.0667 e. The summed E-state index contributed by atoms with van der Waals surface area (Å²) in [5, 5.41) is 6.85. The van der Waals surface area contributed by atoms with E-state index in [-0.39, 0.29) is 0 Å². The molecule has 0 aromatic heterocycles. The highest BCUT2D eigenvalue weighted by Crippen LogP contribution is 2.16. The average molecular weight is 231 g/mol. The summed E-state index contributed by atoms with van der Waals surface area (Å²) in [7, 11) is 0. The predicted octanol–water partition coefficient (Wildman–Crippen LogP) is 2.79. The van der Waals surface area contributed by atoms with Crippen LogP contribution in [-0.2, 0) is 0 Å². The van der Waals surface area contributed by atoms with E-state index in [1.165, 1.54) is 24.8 Å². The minimum absolute atomic E-state index is 0.814. The molecule has 0 spiro atoms. The lowest BCUT2D eigenvalue weighted by Crippen LogP contribution is -2.25. The fourth-order valence-electron chi connectivity index (χ4n) is 2.23. The SMILES string of the molecule is C/C(=N\N1CCCCC1)c1cc(C)ccc1N. The molecular formula is C14H21N3. The monoisotopic (exact) mass is 231 g/mol. The normalized spacial score (nSPS) is 17.3. The highest BCUT2D eigenvalue weighted by molar-refractivity contribution is 6.03. The van der Waals surface area contributed by atoms with Crippen LogP contribution in [0, 0.1) is 6.92 Å². The van der Waals surface area contributed by atoms with Gasteiger partial charge in [0.1, 0.15) is 0 Å². The van der Waals surface area contributed by atoms with E-state index in [2.05, 4.69) is 23.1 Å². The Labute approximate surface area is 103 Å². The number of hydrogen-bond donors (Lipinski definition) is 1. The van der Waals surface area contributed by atoms with Gasteiger partial charge in [0.2, 0.25) is 0 Å². The lowest BCUT2D eigenvalue weighted by molar-refractivity contribution is 0.239. The van der Waals surface area contributed by atoms with Gasteiger partial charge in [0.25, 0.3) is 0 Å². The molecule has 3 heteroatoms. The van der Waals surface area contributed by atoms with Crippen LogP contribution in [0.2, 0.25) is 0 Å². The molecule has 1 fully saturated rings. The van der Waals surface area contributed by atoms with E-state index in [1.807, 2.05) is 19.1 Å². The maximum absolute atomic E-state index is 6.00. The molecule has 0 amide bonds. The van der Waals surface area contributed by atoms with E-state index in [9.17, 15) is 0 Å². The molecule has 17 heavy (non-hydrogen) atoms. The number of rotatable bonds is 2. The molecular weight excluding hydrogens is 210 g/mol. The largest absolute Gasteiger partial charge is 0.398 e. The summed E-state index contributed by atoms with van der Waals surface area (Å²) < 4.78 is 0. The van der Waals surface area contributed by atoms with Crippen LogP contribution < -0.4 is 5.73 Å². The Balaban J connectivity index is 2.19. The van der Waals surface area contributed by atoms with Crippen molar-refractivity contribution < 1.29 is 0 Å². The number of anilines is 1. The summed E-state index contributed by atoms with van der Waals surface area (Å²) in [6.07, 6.45) is 3.83. The quantitative estimate of drug-likeness (QED) is 0.628. The van der Waals surface area contributed by atoms with Gasteiger partial charge in [0.15, 0.2) is 0 Å². The van der Waals surface area contributed by atoms with Gasteiger partial charge < -0.3 is 5.73 Å². The standard InChI is InChI=1S/C14H21N3/c1-11-6-7-14(15)13(10-11)12(2)16-17-8-4-3-5-9-17/h6-7,10H,3-5,8-9,15H2,1-2H3/b16-12+. The Kier molecular flexibility index (Phi) is 3.67. The molecule has 0 aliphatic carbocycles. The molecule has 2 rings (SSSR count). The molecule has 1 heterocycles. The molecule has 1 aliphatic rings. The van der Waals surface area contributed by atoms with Crippen molar-refractivity contribution in [3.05, 3.63) is 29.3 Å². The highest BCUT2D eigenvalue weighted by atomic mass is 15.4. The molecule has 1 aromatic carbocycles. The maximum atomic E-state index is 6.00. The Hall–Kier alpha value is -1.51. The highest BCUT2D eigenvalue weighted by Gasteiger charge is 2.09. The van der Waals surface area contributed by atoms with E-state index < -0.39 is 0 Å². The summed E-state index contributed by atoms with van der Waals surface area (Å²) >= 11 is 0. The molecule has 1 saturated heterocycles. The number of nitrogens with zero attached hydrogens (tertiary/aromatic N) is 2. The fourth-order valence-corrected chi connectivity index (χ4v) is 2.23. The Morgan fingerprint density at radius 1 is 1.24 bits per heavy atom. The van der Waals surface area contributed by atoms with Crippen LogP contribution >= 0.6 is 0 Å². The van der Waals surface area contributed by atoms with Crippen LogP contribution in [0.25, 0.3) is 0 Å². The molecule has 3 nitrogen and oxygen atoms in total. The van der Waals surface area contributed by atoms with Gasteiger partial charge in [0, 0.05) is 24.3 Å². The zero-order chi connectivity index (χ0) is 12.3. The van der Waals surface area contributed by atoms with Crippen molar-refractivity contribution in [2.45, 2.75) is 33.1 Å². The zero-order valence-corrected chi connectivity index (χ0v) is 10.7. The topological polar surface area (TPSA) is 41.6 Å². The van der Waals surface area contributed by atoms with Crippen molar-refractivity contribution in [3.8, 4) is 0 Å². The minimum Gasteiger partial charge on any atom is -0.398 e. The number of nitrogens with two attached hydrogens (primary N) is 1. The van der Waals surface area contributed by atoms with Gasteiger partial charge in [-0.3, -0.25) is 5.01 Å². The summed E-state index contributed by atoms with van der Waals surface area (Å²) in [5.41, 5.74) is 10.1. The second kappa shape index (κ2) is 5.21. The fraction of sp³-hybridized carbons (Fsp3) is 0.500. The number of nitrogen functional groups attached to an aromatic ring is 1. The van der Waals surface area contributed by atoms with Gasteiger partial charge in [0.05, 0.1) is 5.71 Å². The van der Waals surface area contributed by atoms with Crippen molar-refractivity contribution in [2.75, 3.05) is 18.8 Å². The lowest BCUT2D eigenvalue weighted by Gasteiger charge is -2.24. The number of hydrogen-bond acceptors (Lipinski definition) is 3. The first kappa shape index (κ1) is 12.0. The van der Waals surface area contributed by atoms with Gasteiger partial charge in [-0.05, 0) is 45.2 Å². The van der Waals surface area contributed by atoms with E-state index in [0.29, 0.717) is 0 Å². The maximum Gasteiger partial charge on any atom is 0.0667 e. The first-order valence-electron chi connectivity index (χ1n) is 6.33. The molecule has 92 valence electrons. The third-order valence-electron chi connectivity index (χ3n) is 3.22. The average Bonchev–Trinajstić information content (AvgIpc) is 2.33. The van der Waals surface area contributed by atoms with Gasteiger partial charge in [-0.2, -0.15) is 5.10 Å². The van der Waals surface area contributed by atoms with E-state index >= 15 is 0 Å². The molecule has 1 aliphatic heterocycles. The Morgan fingerprint density at radius 3 is 2.65 bits per heavy atom. The van der Waals surface area contributed by atoms with Gasteiger partial charge in [-0.1, -0.05) is 11.6 Å². The molecule has 0 atom stereocenters. The van der Waals surface area contributed by atoms with Crippen LogP contribution in [0.15, 0.2) is 23.3 Å². The molecule has 1 aromatic rings. The Bertz CT molecular complexity index is 417. The second-order valence-corrected chi connectivity index (χ2v) is 4.79. The second-order valence-electron chi connectivity index (χ2n) is 4.79. The van der Waals surface area contributed by atoms with E-state index in [4.69, 9.17) is 5.73 Å². The van der Waals surface area contributed by atoms with Gasteiger partial charge >= 0.3 is 0 Å². The van der Waals surface area contributed by atoms with Crippen LogP contribution in [0.1, 0.15) is 37.3 Å². The lowest BCUT2D eigenvalue weighted by atomic mass is 10.1. The minimum atomic E-state index is 0.814. The number of benzene rings is 1. The molecule has 0 saturated carbocycles. The first-order valence-corrected chi connectivity index (χ1v) is 6.33. The third-order valence-corrected chi connectivity index (χ3v) is 3.22. The van der Waals surface area contributed by atoms with Crippen molar-refractivity contribution in [1.29, 1.82) is 0 Å². The van der Waals surface area contributed by atoms with Crippen LogP contribution in [0.3, 0.4) is 0 Å². The van der Waals surface area contributed by atoms with Crippen molar-refractivity contribution in [2.24, 2.45) is 5.10 Å². The molecule has 2 N–H and O–H groups in total. The molecule has 0 bridgehead atoms. The predicted molar refractivity (Wildman–Crippen MR) is 73.2 cm³/mol. The van der Waals surface area contributed by atoms with Crippen LogP contribution in [-0.4, -0.2) is 23.8 Å².